The van der Waals surface area contributed by atoms with Crippen LogP contribution in [0.1, 0.15) is 41.4 Å². The van der Waals surface area contributed by atoms with Crippen LogP contribution in [0.3, 0.4) is 0 Å². The molecule has 0 aromatic carbocycles. The van der Waals surface area contributed by atoms with Crippen LogP contribution in [0.15, 0.2) is 0 Å². The van der Waals surface area contributed by atoms with E-state index < -0.39 is 5.97 Å². The van der Waals surface area contributed by atoms with Crippen molar-refractivity contribution in [1.82, 2.24) is 10.2 Å². The number of aromatic nitrogens is 2. The molecule has 106 valence electrons. The van der Waals surface area contributed by atoms with Gasteiger partial charge >= 0.3 is 5.97 Å². The number of carboxylic acids is 1. The van der Waals surface area contributed by atoms with Crippen LogP contribution in [0.5, 0.6) is 0 Å². The van der Waals surface area contributed by atoms with E-state index in [-0.39, 0.29) is 18.1 Å². The topological polar surface area (TPSA) is 95.3 Å². The van der Waals surface area contributed by atoms with Crippen molar-refractivity contribution < 1.29 is 15.0 Å². The molecule has 3 N–H and O–H groups in total. The Morgan fingerprint density at radius 1 is 1.37 bits per heavy atom. The number of nitrogens with zero attached hydrogens (tertiary/aromatic N) is 2. The number of rotatable bonds is 7. The second kappa shape index (κ2) is 7.04. The smallest absolute Gasteiger partial charge is 0.339 e. The van der Waals surface area contributed by atoms with Crippen molar-refractivity contribution in [1.29, 1.82) is 0 Å². The van der Waals surface area contributed by atoms with Crippen LogP contribution >= 0.6 is 0 Å². The highest BCUT2D eigenvalue weighted by atomic mass is 16.4. The van der Waals surface area contributed by atoms with E-state index in [9.17, 15) is 9.90 Å². The summed E-state index contributed by atoms with van der Waals surface area (Å²) in [7, 11) is 0. The van der Waals surface area contributed by atoms with Crippen molar-refractivity contribution in [2.75, 3.05) is 18.5 Å². The summed E-state index contributed by atoms with van der Waals surface area (Å²) in [6.45, 7) is 6.20. The molecule has 0 saturated heterocycles. The first-order chi connectivity index (χ1) is 9.01. The highest BCUT2D eigenvalue weighted by molar-refractivity contribution is 5.94. The van der Waals surface area contributed by atoms with Gasteiger partial charge in [0.1, 0.15) is 5.56 Å². The van der Waals surface area contributed by atoms with Crippen LogP contribution in [0, 0.1) is 19.8 Å². The standard InChI is InChI=1S/C13H21N3O3/c1-4-10(5-6-17)7-14-12-11(13(18)19)8(2)9(3)15-16-12/h10,17H,4-7H2,1-3H3,(H,14,16)(H,18,19). The lowest BCUT2D eigenvalue weighted by Crippen LogP contribution is -2.19. The zero-order valence-electron chi connectivity index (χ0n) is 11.6. The van der Waals surface area contributed by atoms with E-state index in [4.69, 9.17) is 5.11 Å². The van der Waals surface area contributed by atoms with E-state index in [1.165, 1.54) is 0 Å². The summed E-state index contributed by atoms with van der Waals surface area (Å²) in [6, 6.07) is 0. The van der Waals surface area contributed by atoms with Crippen molar-refractivity contribution in [3.63, 3.8) is 0 Å². The molecule has 0 amide bonds. The van der Waals surface area contributed by atoms with Crippen LogP contribution in [0.25, 0.3) is 0 Å². The molecule has 6 nitrogen and oxygen atoms in total. The molecule has 1 heterocycles. The molecule has 0 aliphatic heterocycles. The number of aromatic carboxylic acids is 1. The number of aliphatic hydroxyl groups is 1. The summed E-state index contributed by atoms with van der Waals surface area (Å²) < 4.78 is 0. The average molecular weight is 267 g/mol. The Bertz CT molecular complexity index is 449. The van der Waals surface area contributed by atoms with Crippen molar-refractivity contribution in [2.24, 2.45) is 5.92 Å². The van der Waals surface area contributed by atoms with Crippen molar-refractivity contribution >= 4 is 11.8 Å². The molecule has 1 aromatic rings. The summed E-state index contributed by atoms with van der Waals surface area (Å²) in [5, 5.41) is 29.1. The van der Waals surface area contributed by atoms with E-state index in [0.29, 0.717) is 30.0 Å². The zero-order chi connectivity index (χ0) is 14.4. The third-order valence-electron chi connectivity index (χ3n) is 3.34. The molecule has 1 atom stereocenters. The lowest BCUT2D eigenvalue weighted by molar-refractivity contribution is 0.0696. The summed E-state index contributed by atoms with van der Waals surface area (Å²) >= 11 is 0. The molecule has 6 heteroatoms. The van der Waals surface area contributed by atoms with Crippen LogP contribution in [-0.4, -0.2) is 39.5 Å². The highest BCUT2D eigenvalue weighted by Gasteiger charge is 2.18. The highest BCUT2D eigenvalue weighted by Crippen LogP contribution is 2.19. The number of nitrogens with one attached hydrogen (secondary N) is 1. The Morgan fingerprint density at radius 2 is 2.05 bits per heavy atom. The molecule has 1 unspecified atom stereocenters. The van der Waals surface area contributed by atoms with E-state index in [1.807, 2.05) is 6.92 Å². The summed E-state index contributed by atoms with van der Waals surface area (Å²) in [5.41, 5.74) is 1.41. The molecule has 1 rings (SSSR count). The van der Waals surface area contributed by atoms with Gasteiger partial charge in [-0.15, -0.1) is 5.10 Å². The maximum absolute atomic E-state index is 11.3. The molecule has 0 aliphatic rings. The van der Waals surface area contributed by atoms with Gasteiger partial charge < -0.3 is 15.5 Å². The second-order valence-corrected chi connectivity index (χ2v) is 4.61. The average Bonchev–Trinajstić information content (AvgIpc) is 2.37. The Labute approximate surface area is 112 Å². The van der Waals surface area contributed by atoms with Gasteiger partial charge in [-0.1, -0.05) is 13.3 Å². The predicted octanol–water partition coefficient (Wildman–Crippen LogP) is 1.61. The number of aryl methyl sites for hydroxylation is 1. The van der Waals surface area contributed by atoms with Crippen LogP contribution in [0.2, 0.25) is 0 Å². The van der Waals surface area contributed by atoms with Gasteiger partial charge in [-0.25, -0.2) is 4.79 Å². The number of anilines is 1. The van der Waals surface area contributed by atoms with E-state index in [2.05, 4.69) is 15.5 Å². The SMILES string of the molecule is CCC(CCO)CNc1nnc(C)c(C)c1C(=O)O. The number of carbonyl (C=O) groups is 1. The summed E-state index contributed by atoms with van der Waals surface area (Å²) in [5.74, 6) is -0.421. The first-order valence-corrected chi connectivity index (χ1v) is 6.43. The van der Waals surface area contributed by atoms with Gasteiger partial charge in [-0.05, 0) is 31.7 Å². The minimum Gasteiger partial charge on any atom is -0.478 e. The third-order valence-corrected chi connectivity index (χ3v) is 3.34. The number of hydrogen-bond donors (Lipinski definition) is 3. The van der Waals surface area contributed by atoms with Gasteiger partial charge in [0.25, 0.3) is 0 Å². The van der Waals surface area contributed by atoms with E-state index in [1.54, 1.807) is 13.8 Å². The predicted molar refractivity (Wildman–Crippen MR) is 72.4 cm³/mol. The second-order valence-electron chi connectivity index (χ2n) is 4.61. The van der Waals surface area contributed by atoms with Gasteiger partial charge in [-0.2, -0.15) is 5.10 Å². The van der Waals surface area contributed by atoms with Gasteiger partial charge in [0, 0.05) is 13.2 Å². The maximum atomic E-state index is 11.3. The quantitative estimate of drug-likeness (QED) is 0.694. The lowest BCUT2D eigenvalue weighted by atomic mass is 10.0. The maximum Gasteiger partial charge on any atom is 0.339 e. The molecular weight excluding hydrogens is 246 g/mol. The van der Waals surface area contributed by atoms with E-state index >= 15 is 0 Å². The molecule has 0 aliphatic carbocycles. The van der Waals surface area contributed by atoms with Crippen LogP contribution < -0.4 is 5.32 Å². The Morgan fingerprint density at radius 3 is 2.58 bits per heavy atom. The fourth-order valence-corrected chi connectivity index (χ4v) is 1.87. The number of aliphatic hydroxyl groups excluding tert-OH is 1. The molecule has 0 spiro atoms. The first-order valence-electron chi connectivity index (χ1n) is 6.43. The molecule has 0 radical (unpaired) electrons. The fraction of sp³-hybridized carbons (Fsp3) is 0.615. The normalized spacial score (nSPS) is 12.2. The first kappa shape index (κ1) is 15.4. The molecule has 0 fully saturated rings. The van der Waals surface area contributed by atoms with Crippen molar-refractivity contribution in [3.05, 3.63) is 16.8 Å². The van der Waals surface area contributed by atoms with Gasteiger partial charge in [0.05, 0.1) is 5.69 Å². The summed E-state index contributed by atoms with van der Waals surface area (Å²) in [4.78, 5) is 11.3. The number of hydrogen-bond acceptors (Lipinski definition) is 5. The molecular formula is C13H21N3O3. The Hall–Kier alpha value is -1.69. The van der Waals surface area contributed by atoms with Crippen molar-refractivity contribution in [2.45, 2.75) is 33.6 Å². The molecule has 1 aromatic heterocycles. The number of carboxylic acid groups (broad SMARTS) is 1. The monoisotopic (exact) mass is 267 g/mol. The zero-order valence-corrected chi connectivity index (χ0v) is 11.6. The van der Waals surface area contributed by atoms with Gasteiger partial charge in [0.2, 0.25) is 0 Å². The van der Waals surface area contributed by atoms with E-state index in [0.717, 1.165) is 6.42 Å². The van der Waals surface area contributed by atoms with Gasteiger partial charge in [-0.3, -0.25) is 0 Å². The molecule has 19 heavy (non-hydrogen) atoms. The summed E-state index contributed by atoms with van der Waals surface area (Å²) in [6.07, 6.45) is 1.60. The third kappa shape index (κ3) is 3.89. The van der Waals surface area contributed by atoms with Crippen LogP contribution in [0.4, 0.5) is 5.82 Å². The molecule has 0 saturated carbocycles. The van der Waals surface area contributed by atoms with Gasteiger partial charge in [0.15, 0.2) is 5.82 Å². The Balaban J connectivity index is 2.89. The van der Waals surface area contributed by atoms with Crippen molar-refractivity contribution in [3.8, 4) is 0 Å². The lowest BCUT2D eigenvalue weighted by Gasteiger charge is -2.16. The Kier molecular flexibility index (Phi) is 5.69. The largest absolute Gasteiger partial charge is 0.478 e. The minimum absolute atomic E-state index is 0.130. The van der Waals surface area contributed by atoms with Crippen LogP contribution in [-0.2, 0) is 0 Å². The fourth-order valence-electron chi connectivity index (χ4n) is 1.87. The minimum atomic E-state index is -1.01. The molecule has 0 bridgehead atoms.